The molecule has 0 unspecified atom stereocenters. The minimum absolute atomic E-state index is 0.712. The largest absolute Gasteiger partial charge is 0.378 e. The fourth-order valence-corrected chi connectivity index (χ4v) is 2.50. The smallest absolute Gasteiger partial charge is 0.140 e. The summed E-state index contributed by atoms with van der Waals surface area (Å²) < 4.78 is 3.13. The van der Waals surface area contributed by atoms with Crippen molar-refractivity contribution in [1.82, 2.24) is 9.38 Å². The molecule has 3 aromatic rings. The SMILES string of the molecule is Cc1cccn2cc(CNc3ccccc3Br)nc12. The maximum absolute atomic E-state index is 4.64. The molecule has 0 radical (unpaired) electrons. The number of rotatable bonds is 3. The first-order chi connectivity index (χ1) is 9.24. The van der Waals surface area contributed by atoms with E-state index < -0.39 is 0 Å². The molecule has 0 fully saturated rings. The number of hydrogen-bond donors (Lipinski definition) is 1. The first-order valence-corrected chi connectivity index (χ1v) is 6.95. The number of nitrogens with one attached hydrogen (secondary N) is 1. The Labute approximate surface area is 120 Å². The average Bonchev–Trinajstić information content (AvgIpc) is 2.82. The van der Waals surface area contributed by atoms with E-state index in [1.807, 2.05) is 36.5 Å². The molecule has 3 rings (SSSR count). The van der Waals surface area contributed by atoms with Crippen molar-refractivity contribution in [2.75, 3.05) is 5.32 Å². The number of hydrogen-bond acceptors (Lipinski definition) is 2. The van der Waals surface area contributed by atoms with Crippen LogP contribution in [-0.2, 0) is 6.54 Å². The molecule has 1 aromatic carbocycles. The van der Waals surface area contributed by atoms with Crippen molar-refractivity contribution in [3.63, 3.8) is 0 Å². The molecule has 96 valence electrons. The van der Waals surface area contributed by atoms with Crippen molar-refractivity contribution in [2.45, 2.75) is 13.5 Å². The van der Waals surface area contributed by atoms with E-state index in [9.17, 15) is 0 Å². The quantitative estimate of drug-likeness (QED) is 0.791. The molecule has 4 heteroatoms. The Morgan fingerprint density at radius 2 is 2.05 bits per heavy atom. The van der Waals surface area contributed by atoms with Gasteiger partial charge in [-0.05, 0) is 46.6 Å². The second-order valence-electron chi connectivity index (χ2n) is 4.49. The number of aryl methyl sites for hydroxylation is 1. The Hall–Kier alpha value is -1.81. The molecular weight excluding hydrogens is 302 g/mol. The predicted octanol–water partition coefficient (Wildman–Crippen LogP) is 4.02. The molecule has 1 N–H and O–H groups in total. The van der Waals surface area contributed by atoms with Crippen LogP contribution in [0, 0.1) is 6.92 Å². The first-order valence-electron chi connectivity index (χ1n) is 6.15. The molecule has 0 saturated carbocycles. The highest BCUT2D eigenvalue weighted by molar-refractivity contribution is 9.10. The number of fused-ring (bicyclic) bond motifs is 1. The van der Waals surface area contributed by atoms with Gasteiger partial charge in [0, 0.05) is 22.6 Å². The third kappa shape index (κ3) is 2.49. The number of halogens is 1. The van der Waals surface area contributed by atoms with Crippen LogP contribution in [-0.4, -0.2) is 9.38 Å². The normalized spacial score (nSPS) is 10.8. The van der Waals surface area contributed by atoms with Crippen molar-refractivity contribution < 1.29 is 0 Å². The van der Waals surface area contributed by atoms with E-state index in [1.165, 1.54) is 5.56 Å². The fraction of sp³-hybridized carbons (Fsp3) is 0.133. The molecule has 0 spiro atoms. The van der Waals surface area contributed by atoms with Crippen LogP contribution in [0.3, 0.4) is 0 Å². The van der Waals surface area contributed by atoms with Crippen LogP contribution in [0.25, 0.3) is 5.65 Å². The molecule has 0 amide bonds. The van der Waals surface area contributed by atoms with Crippen molar-refractivity contribution >= 4 is 27.3 Å². The van der Waals surface area contributed by atoms with Crippen LogP contribution in [0.4, 0.5) is 5.69 Å². The summed E-state index contributed by atoms with van der Waals surface area (Å²) in [5.41, 5.74) is 4.32. The van der Waals surface area contributed by atoms with Gasteiger partial charge in [-0.2, -0.15) is 0 Å². The molecule has 3 nitrogen and oxygen atoms in total. The van der Waals surface area contributed by atoms with Gasteiger partial charge >= 0.3 is 0 Å². The lowest BCUT2D eigenvalue weighted by molar-refractivity contribution is 1.08. The van der Waals surface area contributed by atoms with Gasteiger partial charge in [0.15, 0.2) is 0 Å². The molecule has 0 atom stereocenters. The van der Waals surface area contributed by atoms with Gasteiger partial charge in [-0.3, -0.25) is 0 Å². The van der Waals surface area contributed by atoms with Gasteiger partial charge in [0.25, 0.3) is 0 Å². The standard InChI is InChI=1S/C15H14BrN3/c1-11-5-4-8-19-10-12(18-15(11)19)9-17-14-7-3-2-6-13(14)16/h2-8,10,17H,9H2,1H3. The molecule has 2 heterocycles. The van der Waals surface area contributed by atoms with E-state index in [4.69, 9.17) is 0 Å². The second-order valence-corrected chi connectivity index (χ2v) is 5.34. The number of pyridine rings is 1. The van der Waals surface area contributed by atoms with Gasteiger partial charge < -0.3 is 9.72 Å². The zero-order chi connectivity index (χ0) is 13.2. The summed E-state index contributed by atoms with van der Waals surface area (Å²) in [6.45, 7) is 2.79. The topological polar surface area (TPSA) is 29.3 Å². The number of imidazole rings is 1. The van der Waals surface area contributed by atoms with E-state index in [0.717, 1.165) is 21.5 Å². The summed E-state index contributed by atoms with van der Waals surface area (Å²) in [5.74, 6) is 0. The minimum atomic E-state index is 0.712. The summed E-state index contributed by atoms with van der Waals surface area (Å²) in [5, 5.41) is 3.39. The van der Waals surface area contributed by atoms with E-state index in [-0.39, 0.29) is 0 Å². The zero-order valence-electron chi connectivity index (χ0n) is 10.6. The number of para-hydroxylation sites is 1. The summed E-state index contributed by atoms with van der Waals surface area (Å²) in [6, 6.07) is 12.2. The van der Waals surface area contributed by atoms with Gasteiger partial charge in [-0.25, -0.2) is 4.98 Å². The maximum atomic E-state index is 4.64. The van der Waals surface area contributed by atoms with E-state index in [0.29, 0.717) is 6.54 Å². The lowest BCUT2D eigenvalue weighted by atomic mass is 10.3. The van der Waals surface area contributed by atoms with Crippen molar-refractivity contribution in [1.29, 1.82) is 0 Å². The van der Waals surface area contributed by atoms with Crippen molar-refractivity contribution in [3.8, 4) is 0 Å². The lowest BCUT2D eigenvalue weighted by Gasteiger charge is -2.05. The van der Waals surface area contributed by atoms with Crippen LogP contribution < -0.4 is 5.32 Å². The molecule has 0 bridgehead atoms. The minimum Gasteiger partial charge on any atom is -0.378 e. The summed E-state index contributed by atoms with van der Waals surface area (Å²) in [7, 11) is 0. The van der Waals surface area contributed by atoms with Crippen LogP contribution in [0.5, 0.6) is 0 Å². The van der Waals surface area contributed by atoms with Crippen molar-refractivity contribution in [3.05, 3.63) is 64.5 Å². The Morgan fingerprint density at radius 3 is 2.84 bits per heavy atom. The number of aromatic nitrogens is 2. The number of anilines is 1. The molecule has 0 aliphatic rings. The monoisotopic (exact) mass is 315 g/mol. The van der Waals surface area contributed by atoms with Crippen LogP contribution in [0.1, 0.15) is 11.3 Å². The first kappa shape index (κ1) is 12.2. The summed E-state index contributed by atoms with van der Waals surface area (Å²) >= 11 is 3.53. The maximum Gasteiger partial charge on any atom is 0.140 e. The molecule has 2 aromatic heterocycles. The average molecular weight is 316 g/mol. The zero-order valence-corrected chi connectivity index (χ0v) is 12.2. The van der Waals surface area contributed by atoms with Crippen LogP contribution >= 0.6 is 15.9 Å². The summed E-state index contributed by atoms with van der Waals surface area (Å²) in [4.78, 5) is 4.64. The van der Waals surface area contributed by atoms with Gasteiger partial charge in [0.2, 0.25) is 0 Å². The van der Waals surface area contributed by atoms with Gasteiger partial charge in [0.1, 0.15) is 5.65 Å². The lowest BCUT2D eigenvalue weighted by Crippen LogP contribution is -1.99. The molecule has 0 saturated heterocycles. The highest BCUT2D eigenvalue weighted by Crippen LogP contribution is 2.21. The fourth-order valence-electron chi connectivity index (χ4n) is 2.08. The number of nitrogens with zero attached hydrogens (tertiary/aromatic N) is 2. The van der Waals surface area contributed by atoms with E-state index >= 15 is 0 Å². The van der Waals surface area contributed by atoms with Crippen LogP contribution in [0.2, 0.25) is 0 Å². The molecule has 19 heavy (non-hydrogen) atoms. The van der Waals surface area contributed by atoms with E-state index in [2.05, 4.69) is 49.8 Å². The third-order valence-corrected chi connectivity index (χ3v) is 3.75. The predicted molar refractivity (Wildman–Crippen MR) is 81.4 cm³/mol. The highest BCUT2D eigenvalue weighted by atomic mass is 79.9. The van der Waals surface area contributed by atoms with Gasteiger partial charge in [0.05, 0.1) is 12.2 Å². The Balaban J connectivity index is 1.83. The molecule has 0 aliphatic carbocycles. The molecule has 0 aliphatic heterocycles. The molecular formula is C15H14BrN3. The van der Waals surface area contributed by atoms with E-state index in [1.54, 1.807) is 0 Å². The van der Waals surface area contributed by atoms with Gasteiger partial charge in [-0.15, -0.1) is 0 Å². The number of benzene rings is 1. The Bertz CT molecular complexity index is 718. The van der Waals surface area contributed by atoms with Gasteiger partial charge in [-0.1, -0.05) is 18.2 Å². The second kappa shape index (κ2) is 5.05. The van der Waals surface area contributed by atoms with Crippen molar-refractivity contribution in [2.24, 2.45) is 0 Å². The summed E-state index contributed by atoms with van der Waals surface area (Å²) in [6.07, 6.45) is 4.09. The Morgan fingerprint density at radius 1 is 1.21 bits per heavy atom. The van der Waals surface area contributed by atoms with Crippen LogP contribution in [0.15, 0.2) is 53.3 Å². The Kier molecular flexibility index (Phi) is 3.25. The third-order valence-electron chi connectivity index (χ3n) is 3.06. The highest BCUT2D eigenvalue weighted by Gasteiger charge is 2.04.